The van der Waals surface area contributed by atoms with Gasteiger partial charge < -0.3 is 16.2 Å². The summed E-state index contributed by atoms with van der Waals surface area (Å²) >= 11 is 0. The van der Waals surface area contributed by atoms with Crippen molar-refractivity contribution >= 4 is 11.8 Å². The van der Waals surface area contributed by atoms with E-state index in [1.54, 1.807) is 12.3 Å². The highest BCUT2D eigenvalue weighted by molar-refractivity contribution is 5.34. The minimum atomic E-state index is -0.375. The maximum atomic E-state index is 9.89. The van der Waals surface area contributed by atoms with Gasteiger partial charge in [0.1, 0.15) is 5.82 Å². The van der Waals surface area contributed by atoms with E-state index < -0.39 is 0 Å². The summed E-state index contributed by atoms with van der Waals surface area (Å²) in [5, 5.41) is 12.9. The molecule has 0 aromatic carbocycles. The molecule has 5 heteroatoms. The molecule has 1 heterocycles. The summed E-state index contributed by atoms with van der Waals surface area (Å²) in [5.74, 6) is 1.20. The number of hydrogen-bond donors (Lipinski definition) is 3. The van der Waals surface area contributed by atoms with Crippen LogP contribution in [0.3, 0.4) is 0 Å². The van der Waals surface area contributed by atoms with Crippen molar-refractivity contribution in [3.05, 3.63) is 12.3 Å². The Morgan fingerprint density at radius 1 is 1.44 bits per heavy atom. The molecule has 1 aromatic heterocycles. The average Bonchev–Trinajstić information content (AvgIpc) is 2.28. The van der Waals surface area contributed by atoms with Gasteiger partial charge in [-0.1, -0.05) is 26.7 Å². The molecular formula is C11H20N4O. The smallest absolute Gasteiger partial charge is 0.224 e. The molecule has 1 unspecified atom stereocenters. The molecule has 0 spiro atoms. The van der Waals surface area contributed by atoms with Crippen molar-refractivity contribution in [2.75, 3.05) is 17.6 Å². The number of aliphatic hydroxyl groups is 1. The predicted molar refractivity (Wildman–Crippen MR) is 65.0 cm³/mol. The lowest BCUT2D eigenvalue weighted by atomic mass is 9.97. The monoisotopic (exact) mass is 224 g/mol. The Balaban J connectivity index is 2.45. The van der Waals surface area contributed by atoms with Crippen LogP contribution < -0.4 is 11.1 Å². The fourth-order valence-corrected chi connectivity index (χ4v) is 1.65. The van der Waals surface area contributed by atoms with Crippen LogP contribution in [0, 0.1) is 5.92 Å². The Kier molecular flexibility index (Phi) is 4.98. The van der Waals surface area contributed by atoms with Crippen molar-refractivity contribution in [3.63, 3.8) is 0 Å². The first-order valence-electron chi connectivity index (χ1n) is 5.67. The zero-order chi connectivity index (χ0) is 12.0. The Bertz CT molecular complexity index is 315. The number of nitrogen functional groups attached to an aromatic ring is 1. The van der Waals surface area contributed by atoms with Gasteiger partial charge in [0, 0.05) is 12.7 Å². The summed E-state index contributed by atoms with van der Waals surface area (Å²) in [4.78, 5) is 8.01. The number of nitrogens with two attached hydrogens (primary N) is 1. The number of aliphatic hydroxyl groups excluding tert-OH is 1. The molecule has 0 aliphatic heterocycles. The summed E-state index contributed by atoms with van der Waals surface area (Å²) in [6.07, 6.45) is 3.16. The molecule has 1 rings (SSSR count). The molecule has 16 heavy (non-hydrogen) atoms. The van der Waals surface area contributed by atoms with Crippen molar-refractivity contribution in [1.82, 2.24) is 9.97 Å². The Morgan fingerprint density at radius 3 is 2.69 bits per heavy atom. The van der Waals surface area contributed by atoms with Crippen LogP contribution in [0.25, 0.3) is 0 Å². The fraction of sp³-hybridized carbons (Fsp3) is 0.636. The van der Waals surface area contributed by atoms with Gasteiger partial charge in [-0.2, -0.15) is 4.98 Å². The van der Waals surface area contributed by atoms with Gasteiger partial charge in [-0.3, -0.25) is 0 Å². The molecule has 0 saturated carbocycles. The van der Waals surface area contributed by atoms with Gasteiger partial charge >= 0.3 is 0 Å². The van der Waals surface area contributed by atoms with Crippen LogP contribution in [-0.2, 0) is 0 Å². The summed E-state index contributed by atoms with van der Waals surface area (Å²) < 4.78 is 0. The van der Waals surface area contributed by atoms with E-state index in [0.717, 1.165) is 12.8 Å². The van der Waals surface area contributed by atoms with Crippen LogP contribution in [0.2, 0.25) is 0 Å². The molecule has 0 bridgehead atoms. The molecule has 0 fully saturated rings. The Labute approximate surface area is 96.1 Å². The van der Waals surface area contributed by atoms with E-state index in [4.69, 9.17) is 5.73 Å². The van der Waals surface area contributed by atoms with Crippen LogP contribution in [-0.4, -0.2) is 27.7 Å². The van der Waals surface area contributed by atoms with Gasteiger partial charge in [0.25, 0.3) is 0 Å². The van der Waals surface area contributed by atoms with E-state index in [0.29, 0.717) is 24.2 Å². The molecule has 0 saturated heterocycles. The first-order chi connectivity index (χ1) is 7.67. The van der Waals surface area contributed by atoms with Gasteiger partial charge in [-0.15, -0.1) is 0 Å². The van der Waals surface area contributed by atoms with Crippen molar-refractivity contribution in [3.8, 4) is 0 Å². The quantitative estimate of drug-likeness (QED) is 0.677. The second-order valence-corrected chi connectivity index (χ2v) is 3.83. The number of anilines is 2. The van der Waals surface area contributed by atoms with E-state index >= 15 is 0 Å². The molecule has 5 nitrogen and oxygen atoms in total. The molecule has 0 amide bonds. The lowest BCUT2D eigenvalue weighted by Crippen LogP contribution is -2.28. The molecule has 90 valence electrons. The SMILES string of the molecule is CCC(CC)C(O)CNc1nccc(N)n1. The highest BCUT2D eigenvalue weighted by Crippen LogP contribution is 2.13. The normalized spacial score (nSPS) is 12.8. The zero-order valence-corrected chi connectivity index (χ0v) is 9.85. The molecule has 0 radical (unpaired) electrons. The Morgan fingerprint density at radius 2 is 2.12 bits per heavy atom. The second kappa shape index (κ2) is 6.27. The predicted octanol–water partition coefficient (Wildman–Crippen LogP) is 1.27. The highest BCUT2D eigenvalue weighted by Gasteiger charge is 2.15. The maximum absolute atomic E-state index is 9.89. The van der Waals surface area contributed by atoms with Gasteiger partial charge in [0.15, 0.2) is 0 Å². The van der Waals surface area contributed by atoms with Gasteiger partial charge in [-0.25, -0.2) is 4.98 Å². The van der Waals surface area contributed by atoms with Crippen LogP contribution in [0.1, 0.15) is 26.7 Å². The molecule has 0 aliphatic rings. The van der Waals surface area contributed by atoms with E-state index in [1.165, 1.54) is 0 Å². The maximum Gasteiger partial charge on any atom is 0.224 e. The third-order valence-corrected chi connectivity index (χ3v) is 2.74. The summed E-state index contributed by atoms with van der Waals surface area (Å²) in [6, 6.07) is 1.63. The molecule has 4 N–H and O–H groups in total. The first-order valence-corrected chi connectivity index (χ1v) is 5.67. The molecule has 0 aliphatic carbocycles. The van der Waals surface area contributed by atoms with Gasteiger partial charge in [-0.05, 0) is 12.0 Å². The highest BCUT2D eigenvalue weighted by atomic mass is 16.3. The Hall–Kier alpha value is -1.36. The standard InChI is InChI=1S/C11H20N4O/c1-3-8(4-2)9(16)7-14-11-13-6-5-10(12)15-11/h5-6,8-9,16H,3-4,7H2,1-2H3,(H3,12,13,14,15). The number of nitrogens with zero attached hydrogens (tertiary/aromatic N) is 2. The summed E-state index contributed by atoms with van der Waals surface area (Å²) in [5.41, 5.74) is 5.52. The van der Waals surface area contributed by atoms with Crippen LogP contribution >= 0.6 is 0 Å². The number of nitrogens with one attached hydrogen (secondary N) is 1. The molecule has 1 aromatic rings. The van der Waals surface area contributed by atoms with Crippen LogP contribution in [0.4, 0.5) is 11.8 Å². The van der Waals surface area contributed by atoms with Crippen molar-refractivity contribution in [2.24, 2.45) is 5.92 Å². The van der Waals surface area contributed by atoms with Gasteiger partial charge in [0.2, 0.25) is 5.95 Å². The fourth-order valence-electron chi connectivity index (χ4n) is 1.65. The lowest BCUT2D eigenvalue weighted by Gasteiger charge is -2.20. The summed E-state index contributed by atoms with van der Waals surface area (Å²) in [7, 11) is 0. The number of rotatable bonds is 6. The zero-order valence-electron chi connectivity index (χ0n) is 9.85. The van der Waals surface area contributed by atoms with Crippen LogP contribution in [0.15, 0.2) is 12.3 Å². The average molecular weight is 224 g/mol. The van der Waals surface area contributed by atoms with Crippen LogP contribution in [0.5, 0.6) is 0 Å². The topological polar surface area (TPSA) is 84.1 Å². The third kappa shape index (κ3) is 3.66. The first kappa shape index (κ1) is 12.7. The number of hydrogen-bond acceptors (Lipinski definition) is 5. The molecule has 1 atom stereocenters. The largest absolute Gasteiger partial charge is 0.391 e. The van der Waals surface area contributed by atoms with Crippen molar-refractivity contribution in [1.29, 1.82) is 0 Å². The van der Waals surface area contributed by atoms with Gasteiger partial charge in [0.05, 0.1) is 6.10 Å². The molecular weight excluding hydrogens is 204 g/mol. The van der Waals surface area contributed by atoms with E-state index in [1.807, 2.05) is 0 Å². The van der Waals surface area contributed by atoms with E-state index in [9.17, 15) is 5.11 Å². The lowest BCUT2D eigenvalue weighted by molar-refractivity contribution is 0.114. The van der Waals surface area contributed by atoms with Crippen molar-refractivity contribution < 1.29 is 5.11 Å². The second-order valence-electron chi connectivity index (χ2n) is 3.83. The van der Waals surface area contributed by atoms with E-state index in [-0.39, 0.29) is 6.10 Å². The number of aromatic nitrogens is 2. The third-order valence-electron chi connectivity index (χ3n) is 2.74. The van der Waals surface area contributed by atoms with Crippen molar-refractivity contribution in [2.45, 2.75) is 32.8 Å². The van der Waals surface area contributed by atoms with E-state index in [2.05, 4.69) is 29.1 Å². The summed E-state index contributed by atoms with van der Waals surface area (Å²) in [6.45, 7) is 4.61. The minimum absolute atomic E-state index is 0.313. The minimum Gasteiger partial charge on any atom is -0.391 e.